The van der Waals surface area contributed by atoms with E-state index in [2.05, 4.69) is 0 Å². The van der Waals surface area contributed by atoms with Gasteiger partial charge < -0.3 is 4.90 Å². The van der Waals surface area contributed by atoms with Gasteiger partial charge in [-0.25, -0.2) is 8.42 Å². The van der Waals surface area contributed by atoms with Gasteiger partial charge in [0, 0.05) is 30.9 Å². The number of sulfonamides is 1. The number of halogens is 1. The van der Waals surface area contributed by atoms with Crippen molar-refractivity contribution in [2.24, 2.45) is 5.92 Å². The zero-order chi connectivity index (χ0) is 22.1. The van der Waals surface area contributed by atoms with E-state index in [1.54, 1.807) is 11.0 Å². The molecule has 1 heterocycles. The molecule has 1 atom stereocenters. The summed E-state index contributed by atoms with van der Waals surface area (Å²) in [5, 5.41) is 0.138. The second-order valence-electron chi connectivity index (χ2n) is 8.10. The molecule has 1 saturated heterocycles. The highest BCUT2D eigenvalue weighted by molar-refractivity contribution is 7.89. The van der Waals surface area contributed by atoms with Crippen molar-refractivity contribution in [2.75, 3.05) is 24.5 Å². The van der Waals surface area contributed by atoms with Crippen LogP contribution in [0.2, 0.25) is 5.02 Å². The Bertz CT molecular complexity index is 1050. The van der Waals surface area contributed by atoms with Crippen LogP contribution >= 0.6 is 11.6 Å². The van der Waals surface area contributed by atoms with E-state index in [1.165, 1.54) is 16.4 Å². The zero-order valence-electron chi connectivity index (χ0n) is 18.0. The van der Waals surface area contributed by atoms with Gasteiger partial charge in [-0.1, -0.05) is 30.7 Å². The average Bonchev–Trinajstić information content (AvgIpc) is 2.71. The van der Waals surface area contributed by atoms with Gasteiger partial charge in [-0.2, -0.15) is 4.31 Å². The largest absolute Gasteiger partial charge is 0.308 e. The zero-order valence-corrected chi connectivity index (χ0v) is 19.6. The molecule has 5 nitrogen and oxygen atoms in total. The number of aryl methyl sites for hydroxylation is 2. The van der Waals surface area contributed by atoms with Crippen molar-refractivity contribution >= 4 is 33.2 Å². The minimum atomic E-state index is -3.76. The van der Waals surface area contributed by atoms with Crippen LogP contribution < -0.4 is 4.90 Å². The topological polar surface area (TPSA) is 57.7 Å². The molecule has 1 fully saturated rings. The van der Waals surface area contributed by atoms with Crippen LogP contribution in [0.4, 0.5) is 5.69 Å². The fourth-order valence-corrected chi connectivity index (χ4v) is 6.03. The number of nitrogens with zero attached hydrogens (tertiary/aromatic N) is 2. The first-order valence-electron chi connectivity index (χ1n) is 10.3. The highest BCUT2D eigenvalue weighted by atomic mass is 35.5. The molecule has 0 aromatic heterocycles. The number of benzene rings is 2. The van der Waals surface area contributed by atoms with Crippen molar-refractivity contribution in [3.63, 3.8) is 0 Å². The Balaban J connectivity index is 1.99. The molecule has 0 saturated carbocycles. The molecule has 0 bridgehead atoms. The Morgan fingerprint density at radius 2 is 1.93 bits per heavy atom. The minimum absolute atomic E-state index is 0.00105. The molecule has 162 valence electrons. The van der Waals surface area contributed by atoms with Gasteiger partial charge in [0.05, 0.1) is 5.02 Å². The lowest BCUT2D eigenvalue weighted by Gasteiger charge is -2.30. The number of carbonyl (C=O) groups is 1. The van der Waals surface area contributed by atoms with Gasteiger partial charge in [-0.3, -0.25) is 4.79 Å². The van der Waals surface area contributed by atoms with Crippen molar-refractivity contribution in [3.05, 3.63) is 58.1 Å². The summed E-state index contributed by atoms with van der Waals surface area (Å²) in [7, 11) is -3.76. The van der Waals surface area contributed by atoms with Crippen LogP contribution in [0.25, 0.3) is 0 Å². The van der Waals surface area contributed by atoms with E-state index in [-0.39, 0.29) is 15.8 Å². The van der Waals surface area contributed by atoms with Crippen LogP contribution in [0.3, 0.4) is 0 Å². The van der Waals surface area contributed by atoms with Crippen LogP contribution in [0.1, 0.15) is 48.2 Å². The summed E-state index contributed by atoms with van der Waals surface area (Å²) in [6.07, 6.45) is 1.84. The van der Waals surface area contributed by atoms with Gasteiger partial charge in [-0.05, 0) is 74.9 Å². The van der Waals surface area contributed by atoms with Crippen molar-refractivity contribution in [1.29, 1.82) is 0 Å². The maximum absolute atomic E-state index is 13.3. The summed E-state index contributed by atoms with van der Waals surface area (Å²) in [5.74, 6) is 0.0586. The molecule has 2 aromatic rings. The highest BCUT2D eigenvalue weighted by Gasteiger charge is 2.31. The summed E-state index contributed by atoms with van der Waals surface area (Å²) in [6, 6.07) is 10.5. The first-order valence-corrected chi connectivity index (χ1v) is 12.2. The lowest BCUT2D eigenvalue weighted by Crippen LogP contribution is -2.39. The van der Waals surface area contributed by atoms with Gasteiger partial charge in [0.25, 0.3) is 5.91 Å². The van der Waals surface area contributed by atoms with Crippen molar-refractivity contribution in [1.82, 2.24) is 4.31 Å². The van der Waals surface area contributed by atoms with E-state index >= 15 is 0 Å². The number of anilines is 1. The van der Waals surface area contributed by atoms with Crippen LogP contribution in [0.15, 0.2) is 41.3 Å². The monoisotopic (exact) mass is 448 g/mol. The van der Waals surface area contributed by atoms with Crippen LogP contribution in [0, 0.1) is 19.8 Å². The molecule has 1 aliphatic heterocycles. The predicted molar refractivity (Wildman–Crippen MR) is 122 cm³/mol. The summed E-state index contributed by atoms with van der Waals surface area (Å²) in [4.78, 5) is 15.0. The lowest BCUT2D eigenvalue weighted by molar-refractivity contribution is 0.0988. The standard InChI is InChI=1S/C23H29ClN2O3S/c1-5-26(21-13-16(2)8-9-18(21)4)23(27)19-10-11-20(24)22(14-19)30(28,29)25-12-6-7-17(3)15-25/h8-11,13-14,17H,5-7,12,15H2,1-4H3. The molecule has 1 amide bonds. The summed E-state index contributed by atoms with van der Waals surface area (Å²) >= 11 is 6.29. The predicted octanol–water partition coefficient (Wildman–Crippen LogP) is 5.04. The SMILES string of the molecule is CCN(C(=O)c1ccc(Cl)c(S(=O)(=O)N2CCCC(C)C2)c1)c1cc(C)ccc1C. The first kappa shape index (κ1) is 22.8. The van der Waals surface area contributed by atoms with Gasteiger partial charge in [0.15, 0.2) is 0 Å². The molecule has 1 unspecified atom stereocenters. The number of rotatable bonds is 5. The molecule has 0 aliphatic carbocycles. The molecule has 0 N–H and O–H groups in total. The second kappa shape index (κ2) is 9.08. The number of hydrogen-bond donors (Lipinski definition) is 0. The van der Waals surface area contributed by atoms with E-state index in [0.717, 1.165) is 29.7 Å². The van der Waals surface area contributed by atoms with E-state index in [9.17, 15) is 13.2 Å². The molecule has 0 spiro atoms. The Hall–Kier alpha value is -1.89. The Morgan fingerprint density at radius 1 is 1.20 bits per heavy atom. The number of piperidine rings is 1. The summed E-state index contributed by atoms with van der Waals surface area (Å²) < 4.78 is 28.0. The Kier molecular flexibility index (Phi) is 6.90. The Morgan fingerprint density at radius 3 is 2.60 bits per heavy atom. The van der Waals surface area contributed by atoms with E-state index in [0.29, 0.717) is 31.1 Å². The molecule has 0 radical (unpaired) electrons. The van der Waals surface area contributed by atoms with Crippen LogP contribution in [0.5, 0.6) is 0 Å². The van der Waals surface area contributed by atoms with Gasteiger partial charge >= 0.3 is 0 Å². The van der Waals surface area contributed by atoms with Gasteiger partial charge in [-0.15, -0.1) is 0 Å². The average molecular weight is 449 g/mol. The third kappa shape index (κ3) is 4.56. The molecule has 30 heavy (non-hydrogen) atoms. The maximum Gasteiger partial charge on any atom is 0.258 e. The van der Waals surface area contributed by atoms with Crippen LogP contribution in [-0.2, 0) is 10.0 Å². The first-order chi connectivity index (χ1) is 14.1. The normalized spacial score (nSPS) is 17.7. The van der Waals surface area contributed by atoms with Crippen molar-refractivity contribution in [3.8, 4) is 0 Å². The van der Waals surface area contributed by atoms with E-state index in [1.807, 2.05) is 45.9 Å². The minimum Gasteiger partial charge on any atom is -0.308 e. The fourth-order valence-electron chi connectivity index (χ4n) is 3.93. The number of hydrogen-bond acceptors (Lipinski definition) is 3. The van der Waals surface area contributed by atoms with Gasteiger partial charge in [0.1, 0.15) is 4.90 Å². The van der Waals surface area contributed by atoms with Crippen molar-refractivity contribution < 1.29 is 13.2 Å². The third-order valence-corrected chi connectivity index (χ3v) is 7.98. The fraction of sp³-hybridized carbons (Fsp3) is 0.435. The van der Waals surface area contributed by atoms with E-state index in [4.69, 9.17) is 11.6 Å². The molecule has 3 rings (SSSR count). The molecule has 2 aromatic carbocycles. The summed E-state index contributed by atoms with van der Waals surface area (Å²) in [5.41, 5.74) is 3.18. The molecule has 1 aliphatic rings. The van der Waals surface area contributed by atoms with E-state index < -0.39 is 10.0 Å². The molecular weight excluding hydrogens is 420 g/mol. The number of amides is 1. The van der Waals surface area contributed by atoms with Gasteiger partial charge in [0.2, 0.25) is 10.0 Å². The lowest BCUT2D eigenvalue weighted by atomic mass is 10.0. The second-order valence-corrected chi connectivity index (χ2v) is 10.4. The third-order valence-electron chi connectivity index (χ3n) is 5.63. The number of carbonyl (C=O) groups excluding carboxylic acids is 1. The highest BCUT2D eigenvalue weighted by Crippen LogP contribution is 2.30. The van der Waals surface area contributed by atoms with Crippen LogP contribution in [-0.4, -0.2) is 38.3 Å². The van der Waals surface area contributed by atoms with Crippen molar-refractivity contribution in [2.45, 2.75) is 45.4 Å². The quantitative estimate of drug-likeness (QED) is 0.643. The summed E-state index contributed by atoms with van der Waals surface area (Å²) in [6.45, 7) is 9.31. The smallest absolute Gasteiger partial charge is 0.258 e. The molecular formula is C23H29ClN2O3S. The Labute approximate surface area is 184 Å². The molecule has 7 heteroatoms. The maximum atomic E-state index is 13.3.